The molecule has 0 heterocycles. The zero-order chi connectivity index (χ0) is 13.7. The highest BCUT2D eigenvalue weighted by atomic mass is 32.1. The summed E-state index contributed by atoms with van der Waals surface area (Å²) in [6.45, 7) is 0.225. The zero-order valence-corrected chi connectivity index (χ0v) is 11.5. The normalized spacial score (nSPS) is 14.5. The summed E-state index contributed by atoms with van der Waals surface area (Å²) in [5, 5.41) is 2.89. The number of nitrogens with one attached hydrogen (secondary N) is 1. The lowest BCUT2D eigenvalue weighted by Crippen LogP contribution is -2.20. The van der Waals surface area contributed by atoms with Gasteiger partial charge in [0.2, 0.25) is 5.91 Å². The minimum atomic E-state index is 0.0847. The number of carbonyl (C=O) groups excluding carboxylic acids is 1. The second-order valence-electron chi connectivity index (χ2n) is 4.83. The molecule has 0 bridgehead atoms. The Labute approximate surface area is 118 Å². The van der Waals surface area contributed by atoms with Crippen molar-refractivity contribution in [1.82, 2.24) is 0 Å². The van der Waals surface area contributed by atoms with Gasteiger partial charge in [-0.25, -0.2) is 0 Å². The van der Waals surface area contributed by atoms with Crippen LogP contribution in [0.5, 0.6) is 5.75 Å². The van der Waals surface area contributed by atoms with E-state index in [1.54, 1.807) is 12.1 Å². The van der Waals surface area contributed by atoms with Crippen molar-refractivity contribution in [3.05, 3.63) is 24.3 Å². The number of amides is 1. The highest BCUT2D eigenvalue weighted by Gasteiger charge is 2.20. The van der Waals surface area contributed by atoms with Gasteiger partial charge in [-0.05, 0) is 43.0 Å². The lowest BCUT2D eigenvalue weighted by Gasteiger charge is -2.24. The van der Waals surface area contributed by atoms with E-state index in [0.29, 0.717) is 23.1 Å². The number of hydrogen-bond acceptors (Lipinski definition) is 3. The largest absolute Gasteiger partial charge is 0.487 e. The van der Waals surface area contributed by atoms with E-state index in [0.717, 1.165) is 5.69 Å². The molecule has 19 heavy (non-hydrogen) atoms. The molecule has 4 nitrogen and oxygen atoms in total. The zero-order valence-electron chi connectivity index (χ0n) is 10.7. The number of nitrogens with two attached hydrogens (primary N) is 1. The standard InChI is InChI=1S/C14H18N2O2S/c15-13(19)9-18-12-6-4-11(5-7-12)16-14(17)8-10-2-1-3-10/h4-7,10H,1-3,8-9H2,(H2,15,19)(H,16,17). The molecule has 0 unspecified atom stereocenters. The van der Waals surface area contributed by atoms with E-state index >= 15 is 0 Å². The molecule has 2 rings (SSSR count). The van der Waals surface area contributed by atoms with Gasteiger partial charge in [-0.2, -0.15) is 0 Å². The smallest absolute Gasteiger partial charge is 0.224 e. The molecule has 0 saturated heterocycles. The third-order valence-electron chi connectivity index (χ3n) is 3.22. The van der Waals surface area contributed by atoms with Gasteiger partial charge in [-0.15, -0.1) is 0 Å². The van der Waals surface area contributed by atoms with Crippen LogP contribution < -0.4 is 15.8 Å². The number of hydrogen-bond donors (Lipinski definition) is 2. The molecule has 1 aliphatic carbocycles. The fourth-order valence-corrected chi connectivity index (χ4v) is 2.02. The van der Waals surface area contributed by atoms with Gasteiger partial charge in [0.25, 0.3) is 0 Å². The van der Waals surface area contributed by atoms with Gasteiger partial charge >= 0.3 is 0 Å². The molecule has 1 amide bonds. The van der Waals surface area contributed by atoms with Crippen LogP contribution in [0, 0.1) is 5.92 Å². The SMILES string of the molecule is NC(=S)COc1ccc(NC(=O)CC2CCC2)cc1. The van der Waals surface area contributed by atoms with Crippen molar-refractivity contribution in [2.24, 2.45) is 11.7 Å². The van der Waals surface area contributed by atoms with Crippen molar-refractivity contribution < 1.29 is 9.53 Å². The van der Waals surface area contributed by atoms with Crippen LogP contribution >= 0.6 is 12.2 Å². The van der Waals surface area contributed by atoms with Crippen molar-refractivity contribution in [1.29, 1.82) is 0 Å². The molecular weight excluding hydrogens is 260 g/mol. The lowest BCUT2D eigenvalue weighted by molar-refractivity contribution is -0.117. The van der Waals surface area contributed by atoms with Crippen LogP contribution in [0.25, 0.3) is 0 Å². The minimum absolute atomic E-state index is 0.0847. The first kappa shape index (κ1) is 13.8. The average Bonchev–Trinajstić information content (AvgIpc) is 2.33. The molecule has 5 heteroatoms. The summed E-state index contributed by atoms with van der Waals surface area (Å²) >= 11 is 4.73. The maximum atomic E-state index is 11.7. The van der Waals surface area contributed by atoms with Gasteiger partial charge in [0.05, 0.1) is 0 Å². The van der Waals surface area contributed by atoms with Crippen molar-refractivity contribution in [3.8, 4) is 5.75 Å². The molecule has 3 N–H and O–H groups in total. The van der Waals surface area contributed by atoms with E-state index < -0.39 is 0 Å². The molecule has 1 fully saturated rings. The summed E-state index contributed by atoms with van der Waals surface area (Å²) in [6, 6.07) is 7.20. The molecule has 0 spiro atoms. The predicted octanol–water partition coefficient (Wildman–Crippen LogP) is 2.48. The maximum absolute atomic E-state index is 11.7. The lowest BCUT2D eigenvalue weighted by atomic mass is 9.83. The minimum Gasteiger partial charge on any atom is -0.487 e. The van der Waals surface area contributed by atoms with Gasteiger partial charge in [-0.1, -0.05) is 18.6 Å². The number of rotatable bonds is 6. The second-order valence-corrected chi connectivity index (χ2v) is 5.35. The van der Waals surface area contributed by atoms with E-state index in [-0.39, 0.29) is 12.5 Å². The number of benzene rings is 1. The molecular formula is C14H18N2O2S. The number of carbonyl (C=O) groups is 1. The first-order chi connectivity index (χ1) is 9.13. The summed E-state index contributed by atoms with van der Waals surface area (Å²) in [6.07, 6.45) is 4.24. The van der Waals surface area contributed by atoms with Crippen LogP contribution in [-0.4, -0.2) is 17.5 Å². The topological polar surface area (TPSA) is 64.3 Å². The summed E-state index contributed by atoms with van der Waals surface area (Å²) in [5.41, 5.74) is 6.13. The molecule has 1 aliphatic rings. The Hall–Kier alpha value is -1.62. The molecule has 0 aromatic heterocycles. The van der Waals surface area contributed by atoms with Crippen LogP contribution in [0.1, 0.15) is 25.7 Å². The van der Waals surface area contributed by atoms with Crippen LogP contribution in [-0.2, 0) is 4.79 Å². The third-order valence-corrected chi connectivity index (χ3v) is 3.34. The molecule has 102 valence electrons. The monoisotopic (exact) mass is 278 g/mol. The Bertz CT molecular complexity index is 455. The van der Waals surface area contributed by atoms with E-state index in [1.807, 2.05) is 12.1 Å². The van der Waals surface area contributed by atoms with E-state index in [1.165, 1.54) is 19.3 Å². The summed E-state index contributed by atoms with van der Waals surface area (Å²) in [4.78, 5) is 12.1. The highest BCUT2D eigenvalue weighted by Crippen LogP contribution is 2.29. The van der Waals surface area contributed by atoms with Crippen molar-refractivity contribution >= 4 is 28.8 Å². The molecule has 0 atom stereocenters. The summed E-state index contributed by atoms with van der Waals surface area (Å²) < 4.78 is 5.34. The predicted molar refractivity (Wildman–Crippen MR) is 79.3 cm³/mol. The van der Waals surface area contributed by atoms with Gasteiger partial charge in [0, 0.05) is 12.1 Å². The van der Waals surface area contributed by atoms with Crippen molar-refractivity contribution in [2.75, 3.05) is 11.9 Å². The van der Waals surface area contributed by atoms with Gasteiger partial charge in [0.15, 0.2) is 0 Å². The average molecular weight is 278 g/mol. The van der Waals surface area contributed by atoms with Crippen molar-refractivity contribution in [2.45, 2.75) is 25.7 Å². The van der Waals surface area contributed by atoms with Gasteiger partial charge < -0.3 is 15.8 Å². The Morgan fingerprint density at radius 3 is 2.58 bits per heavy atom. The first-order valence-electron chi connectivity index (χ1n) is 6.44. The van der Waals surface area contributed by atoms with Gasteiger partial charge in [-0.3, -0.25) is 4.79 Å². The Morgan fingerprint density at radius 1 is 1.37 bits per heavy atom. The number of anilines is 1. The van der Waals surface area contributed by atoms with Crippen molar-refractivity contribution in [3.63, 3.8) is 0 Å². The van der Waals surface area contributed by atoms with Gasteiger partial charge in [0.1, 0.15) is 17.3 Å². The molecule has 0 radical (unpaired) electrons. The quantitative estimate of drug-likeness (QED) is 0.785. The number of ether oxygens (including phenoxy) is 1. The summed E-state index contributed by atoms with van der Waals surface area (Å²) in [5.74, 6) is 1.35. The van der Waals surface area contributed by atoms with Crippen LogP contribution in [0.3, 0.4) is 0 Å². The summed E-state index contributed by atoms with van der Waals surface area (Å²) in [7, 11) is 0. The third kappa shape index (κ3) is 4.52. The first-order valence-corrected chi connectivity index (χ1v) is 6.85. The molecule has 1 saturated carbocycles. The van der Waals surface area contributed by atoms with Crippen LogP contribution in [0.4, 0.5) is 5.69 Å². The molecule has 0 aliphatic heterocycles. The Kier molecular flexibility index (Phi) is 4.74. The van der Waals surface area contributed by atoms with E-state index in [9.17, 15) is 4.79 Å². The molecule has 1 aromatic rings. The van der Waals surface area contributed by atoms with Crippen LogP contribution in [0.2, 0.25) is 0 Å². The second kappa shape index (κ2) is 6.52. The Balaban J connectivity index is 1.80. The molecule has 1 aromatic carbocycles. The van der Waals surface area contributed by atoms with E-state index in [2.05, 4.69) is 5.32 Å². The number of thiocarbonyl (C=S) groups is 1. The maximum Gasteiger partial charge on any atom is 0.224 e. The van der Waals surface area contributed by atoms with Crippen LogP contribution in [0.15, 0.2) is 24.3 Å². The highest BCUT2D eigenvalue weighted by molar-refractivity contribution is 7.80. The Morgan fingerprint density at radius 2 is 2.05 bits per heavy atom. The fraction of sp³-hybridized carbons (Fsp3) is 0.429. The van der Waals surface area contributed by atoms with E-state index in [4.69, 9.17) is 22.7 Å². The fourth-order valence-electron chi connectivity index (χ4n) is 1.96.